The number of likely N-dealkylation sites (N-methyl/N-ethyl adjacent to an activating group) is 1. The molecule has 3 aromatic rings. The molecule has 0 unspecified atom stereocenters. The molecule has 5 heteroatoms. The van der Waals surface area contributed by atoms with Crippen molar-refractivity contribution >= 4 is 11.6 Å². The van der Waals surface area contributed by atoms with Crippen LogP contribution in [0, 0.1) is 0 Å². The summed E-state index contributed by atoms with van der Waals surface area (Å²) >= 11 is 6.12. The van der Waals surface area contributed by atoms with Gasteiger partial charge >= 0.3 is 6.18 Å². The van der Waals surface area contributed by atoms with Crippen LogP contribution in [-0.2, 0) is 12.7 Å². The molecule has 0 bridgehead atoms. The van der Waals surface area contributed by atoms with Gasteiger partial charge in [-0.05, 0) is 29.3 Å². The van der Waals surface area contributed by atoms with Crippen molar-refractivity contribution in [3.05, 3.63) is 106 Å². The highest BCUT2D eigenvalue weighted by Gasteiger charge is 2.34. The number of hydrogen-bond donors (Lipinski definition) is 0. The van der Waals surface area contributed by atoms with Gasteiger partial charge in [0.1, 0.15) is 0 Å². The minimum atomic E-state index is -4.46. The molecule has 0 aliphatic heterocycles. The van der Waals surface area contributed by atoms with Gasteiger partial charge in [-0.1, -0.05) is 91.3 Å². The Hall–Kier alpha value is -2.30. The minimum absolute atomic E-state index is 0.113. The second-order valence-electron chi connectivity index (χ2n) is 6.98. The number of halogens is 4. The maximum absolute atomic E-state index is 13.2. The standard InChI is InChI=1S/C24H23ClF3N/c1-2-29(16-20-14-9-15-22(23(20)25)24(26,27)28)17-21(18-10-5-3-6-11-18)19-12-7-4-8-13-19/h3-15,21H,2,16-17H2,1H3. The van der Waals surface area contributed by atoms with E-state index < -0.39 is 11.7 Å². The lowest BCUT2D eigenvalue weighted by Gasteiger charge is -2.28. The maximum atomic E-state index is 13.2. The van der Waals surface area contributed by atoms with Gasteiger partial charge in [0.05, 0.1) is 10.6 Å². The van der Waals surface area contributed by atoms with Gasteiger partial charge in [0, 0.05) is 19.0 Å². The Labute approximate surface area is 174 Å². The van der Waals surface area contributed by atoms with Crippen LogP contribution in [0.25, 0.3) is 0 Å². The summed E-state index contributed by atoms with van der Waals surface area (Å²) in [4.78, 5) is 2.13. The third-order valence-corrected chi connectivity index (χ3v) is 5.52. The fourth-order valence-electron chi connectivity index (χ4n) is 3.50. The Bertz CT molecular complexity index is 871. The molecule has 152 valence electrons. The summed E-state index contributed by atoms with van der Waals surface area (Å²) in [7, 11) is 0. The van der Waals surface area contributed by atoms with E-state index in [0.717, 1.165) is 6.07 Å². The molecule has 3 aromatic carbocycles. The normalized spacial score (nSPS) is 12.0. The maximum Gasteiger partial charge on any atom is 0.417 e. The van der Waals surface area contributed by atoms with E-state index in [9.17, 15) is 13.2 Å². The Morgan fingerprint density at radius 1 is 0.828 bits per heavy atom. The Kier molecular flexibility index (Phi) is 6.99. The van der Waals surface area contributed by atoms with Crippen molar-refractivity contribution in [3.63, 3.8) is 0 Å². The first kappa shape index (κ1) is 21.4. The van der Waals surface area contributed by atoms with E-state index in [2.05, 4.69) is 29.2 Å². The predicted octanol–water partition coefficient (Wildman–Crippen LogP) is 7.01. The van der Waals surface area contributed by atoms with Crippen LogP contribution in [0.3, 0.4) is 0 Å². The fraction of sp³-hybridized carbons (Fsp3) is 0.250. The first-order chi connectivity index (χ1) is 13.9. The largest absolute Gasteiger partial charge is 0.417 e. The third-order valence-electron chi connectivity index (χ3n) is 5.07. The van der Waals surface area contributed by atoms with E-state index in [1.54, 1.807) is 6.07 Å². The lowest BCUT2D eigenvalue weighted by atomic mass is 9.90. The molecule has 0 atom stereocenters. The number of hydrogen-bond acceptors (Lipinski definition) is 1. The fourth-order valence-corrected chi connectivity index (χ4v) is 3.79. The highest BCUT2D eigenvalue weighted by atomic mass is 35.5. The molecule has 0 radical (unpaired) electrons. The zero-order valence-electron chi connectivity index (χ0n) is 16.2. The molecule has 0 heterocycles. The topological polar surface area (TPSA) is 3.24 Å². The number of nitrogens with zero attached hydrogens (tertiary/aromatic N) is 1. The summed E-state index contributed by atoms with van der Waals surface area (Å²) in [5, 5.41) is -0.213. The van der Waals surface area contributed by atoms with E-state index in [1.807, 2.05) is 43.3 Å². The average molecular weight is 418 g/mol. The quantitative estimate of drug-likeness (QED) is 0.399. The van der Waals surface area contributed by atoms with Crippen molar-refractivity contribution in [1.29, 1.82) is 0 Å². The molecule has 0 spiro atoms. The van der Waals surface area contributed by atoms with Crippen molar-refractivity contribution in [3.8, 4) is 0 Å². The summed E-state index contributed by atoms with van der Waals surface area (Å²) in [5.41, 5.74) is 2.05. The van der Waals surface area contributed by atoms with Crippen molar-refractivity contribution in [2.45, 2.75) is 25.6 Å². The van der Waals surface area contributed by atoms with Crippen LogP contribution in [0.1, 0.15) is 35.1 Å². The zero-order chi connectivity index (χ0) is 20.9. The van der Waals surface area contributed by atoms with E-state index in [-0.39, 0.29) is 10.9 Å². The van der Waals surface area contributed by atoms with Gasteiger partial charge in [-0.3, -0.25) is 4.90 Å². The first-order valence-electron chi connectivity index (χ1n) is 9.57. The molecule has 0 aliphatic carbocycles. The second-order valence-corrected chi connectivity index (χ2v) is 7.36. The summed E-state index contributed by atoms with van der Waals surface area (Å²) in [6, 6.07) is 24.4. The van der Waals surface area contributed by atoms with Gasteiger partial charge in [-0.15, -0.1) is 0 Å². The number of benzene rings is 3. The summed E-state index contributed by atoms with van der Waals surface area (Å²) < 4.78 is 39.6. The van der Waals surface area contributed by atoms with E-state index in [4.69, 9.17) is 11.6 Å². The molecule has 3 rings (SSSR count). The van der Waals surface area contributed by atoms with Crippen LogP contribution in [-0.4, -0.2) is 18.0 Å². The molecule has 0 N–H and O–H groups in total. The SMILES string of the molecule is CCN(Cc1cccc(C(F)(F)F)c1Cl)CC(c1ccccc1)c1ccccc1. The predicted molar refractivity (Wildman–Crippen MR) is 112 cm³/mol. The minimum Gasteiger partial charge on any atom is -0.298 e. The molecular weight excluding hydrogens is 395 g/mol. The van der Waals surface area contributed by atoms with Gasteiger partial charge in [-0.2, -0.15) is 13.2 Å². The Morgan fingerprint density at radius 3 is 1.86 bits per heavy atom. The first-order valence-corrected chi connectivity index (χ1v) is 9.94. The van der Waals surface area contributed by atoms with E-state index in [1.165, 1.54) is 17.2 Å². The molecule has 1 nitrogen and oxygen atoms in total. The molecular formula is C24H23ClF3N. The monoisotopic (exact) mass is 417 g/mol. The number of rotatable bonds is 7. The lowest BCUT2D eigenvalue weighted by Crippen LogP contribution is -2.29. The molecule has 29 heavy (non-hydrogen) atoms. The molecule has 0 fully saturated rings. The zero-order valence-corrected chi connectivity index (χ0v) is 16.9. The van der Waals surface area contributed by atoms with Gasteiger partial charge in [0.25, 0.3) is 0 Å². The van der Waals surface area contributed by atoms with E-state index in [0.29, 0.717) is 25.2 Å². The van der Waals surface area contributed by atoms with Crippen molar-refractivity contribution in [2.24, 2.45) is 0 Å². The Balaban J connectivity index is 1.88. The van der Waals surface area contributed by atoms with Crippen LogP contribution in [0.5, 0.6) is 0 Å². The van der Waals surface area contributed by atoms with E-state index >= 15 is 0 Å². The van der Waals surface area contributed by atoms with Crippen LogP contribution in [0.4, 0.5) is 13.2 Å². The second kappa shape index (κ2) is 9.47. The number of alkyl halides is 3. The third kappa shape index (κ3) is 5.40. The van der Waals surface area contributed by atoms with Crippen LogP contribution in [0.2, 0.25) is 5.02 Å². The van der Waals surface area contributed by atoms with Crippen molar-refractivity contribution in [2.75, 3.05) is 13.1 Å². The molecule has 0 amide bonds. The lowest BCUT2D eigenvalue weighted by molar-refractivity contribution is -0.137. The molecule has 0 saturated heterocycles. The van der Waals surface area contributed by atoms with Gasteiger partial charge in [0.2, 0.25) is 0 Å². The van der Waals surface area contributed by atoms with Gasteiger partial charge < -0.3 is 0 Å². The molecule has 0 saturated carbocycles. The summed E-state index contributed by atoms with van der Waals surface area (Å²) in [6.07, 6.45) is -4.46. The summed E-state index contributed by atoms with van der Waals surface area (Å²) in [6.45, 7) is 3.74. The Morgan fingerprint density at radius 2 is 1.38 bits per heavy atom. The highest BCUT2D eigenvalue weighted by Crippen LogP contribution is 2.37. The van der Waals surface area contributed by atoms with Gasteiger partial charge in [-0.25, -0.2) is 0 Å². The van der Waals surface area contributed by atoms with Gasteiger partial charge in [0.15, 0.2) is 0 Å². The van der Waals surface area contributed by atoms with Crippen LogP contribution in [0.15, 0.2) is 78.9 Å². The van der Waals surface area contributed by atoms with Crippen molar-refractivity contribution < 1.29 is 13.2 Å². The average Bonchev–Trinajstić information content (AvgIpc) is 2.72. The smallest absolute Gasteiger partial charge is 0.298 e. The van der Waals surface area contributed by atoms with Crippen molar-refractivity contribution in [1.82, 2.24) is 4.90 Å². The molecule has 0 aromatic heterocycles. The van der Waals surface area contributed by atoms with Crippen LogP contribution >= 0.6 is 11.6 Å². The highest BCUT2D eigenvalue weighted by molar-refractivity contribution is 6.32. The molecule has 0 aliphatic rings. The summed E-state index contributed by atoms with van der Waals surface area (Å²) in [5.74, 6) is 0.113. The van der Waals surface area contributed by atoms with Crippen LogP contribution < -0.4 is 0 Å².